The predicted octanol–water partition coefficient (Wildman–Crippen LogP) is 4.08. The van der Waals surface area contributed by atoms with Crippen LogP contribution in [0.2, 0.25) is 0 Å². The minimum atomic E-state index is -0.121. The van der Waals surface area contributed by atoms with Gasteiger partial charge < -0.3 is 9.80 Å². The number of aromatic nitrogens is 1. The molecule has 1 aliphatic heterocycles. The molecule has 0 N–H and O–H groups in total. The van der Waals surface area contributed by atoms with Gasteiger partial charge in [0.15, 0.2) is 0 Å². The highest BCUT2D eigenvalue weighted by atomic mass is 32.1. The Balaban J connectivity index is 1.44. The summed E-state index contributed by atoms with van der Waals surface area (Å²) in [5.41, 5.74) is 2.71. The third-order valence-electron chi connectivity index (χ3n) is 5.61. The van der Waals surface area contributed by atoms with Crippen molar-refractivity contribution in [3.8, 4) is 0 Å². The molecule has 2 aromatic carbocycles. The van der Waals surface area contributed by atoms with Crippen molar-refractivity contribution in [3.63, 3.8) is 0 Å². The number of carbonyl (C=O) groups is 2. The number of piperazine rings is 1. The zero-order valence-corrected chi connectivity index (χ0v) is 17.6. The van der Waals surface area contributed by atoms with E-state index in [4.69, 9.17) is 0 Å². The van der Waals surface area contributed by atoms with Crippen molar-refractivity contribution in [2.45, 2.75) is 26.2 Å². The molecule has 0 aliphatic carbocycles. The first-order chi connectivity index (χ1) is 14.1. The number of nitrogens with zero attached hydrogens (tertiary/aromatic N) is 3. The molecule has 0 saturated carbocycles. The van der Waals surface area contributed by atoms with Gasteiger partial charge >= 0.3 is 0 Å². The Hall–Kier alpha value is -2.73. The van der Waals surface area contributed by atoms with E-state index in [9.17, 15) is 9.59 Å². The van der Waals surface area contributed by atoms with E-state index in [0.717, 1.165) is 27.6 Å². The second-order valence-electron chi connectivity index (χ2n) is 7.52. The first-order valence-electron chi connectivity index (χ1n) is 10.1. The standard InChI is InChI=1S/C23H25N3O2S/c1-3-18(17-7-5-4-6-8-17)22(27)25-11-13-26(14-12-25)23(28)21-19-15-16(2)9-10-20(19)29-24-21/h4-10,15,18H,3,11-14H2,1-2H3. The molecule has 3 aromatic rings. The largest absolute Gasteiger partial charge is 0.339 e. The van der Waals surface area contributed by atoms with Crippen molar-refractivity contribution in [1.29, 1.82) is 0 Å². The van der Waals surface area contributed by atoms with E-state index in [0.29, 0.717) is 31.9 Å². The fourth-order valence-electron chi connectivity index (χ4n) is 3.95. The summed E-state index contributed by atoms with van der Waals surface area (Å²) < 4.78 is 5.45. The molecule has 6 heteroatoms. The zero-order valence-electron chi connectivity index (χ0n) is 16.8. The van der Waals surface area contributed by atoms with Crippen molar-refractivity contribution in [1.82, 2.24) is 14.2 Å². The van der Waals surface area contributed by atoms with E-state index in [1.54, 1.807) is 0 Å². The molecule has 2 heterocycles. The van der Waals surface area contributed by atoms with Crippen LogP contribution in [-0.2, 0) is 4.79 Å². The van der Waals surface area contributed by atoms with E-state index < -0.39 is 0 Å². The van der Waals surface area contributed by atoms with Gasteiger partial charge in [-0.1, -0.05) is 48.9 Å². The summed E-state index contributed by atoms with van der Waals surface area (Å²) in [5.74, 6) is -0.00603. The fourth-order valence-corrected chi connectivity index (χ4v) is 4.69. The molecule has 4 rings (SSSR count). The van der Waals surface area contributed by atoms with Gasteiger partial charge in [-0.05, 0) is 42.6 Å². The minimum absolute atomic E-state index is 0.0379. The first kappa shape index (κ1) is 19.6. The van der Waals surface area contributed by atoms with Crippen molar-refractivity contribution in [2.75, 3.05) is 26.2 Å². The molecule has 0 radical (unpaired) electrons. The Morgan fingerprint density at radius 2 is 1.72 bits per heavy atom. The van der Waals surface area contributed by atoms with Crippen LogP contribution < -0.4 is 0 Å². The second-order valence-corrected chi connectivity index (χ2v) is 8.32. The summed E-state index contributed by atoms with van der Waals surface area (Å²) in [4.78, 5) is 29.8. The van der Waals surface area contributed by atoms with Crippen LogP contribution >= 0.6 is 11.5 Å². The lowest BCUT2D eigenvalue weighted by Gasteiger charge is -2.36. The van der Waals surface area contributed by atoms with Gasteiger partial charge in [-0.2, -0.15) is 4.37 Å². The third kappa shape index (κ3) is 3.90. The Morgan fingerprint density at radius 1 is 1.03 bits per heavy atom. The fraction of sp³-hybridized carbons (Fsp3) is 0.348. The van der Waals surface area contributed by atoms with E-state index in [1.165, 1.54) is 11.5 Å². The highest BCUT2D eigenvalue weighted by Gasteiger charge is 2.30. The molecular formula is C23H25N3O2S. The van der Waals surface area contributed by atoms with Crippen molar-refractivity contribution < 1.29 is 9.59 Å². The maximum Gasteiger partial charge on any atom is 0.274 e. The lowest BCUT2D eigenvalue weighted by atomic mass is 9.95. The van der Waals surface area contributed by atoms with Crippen LogP contribution in [0.15, 0.2) is 48.5 Å². The number of carbonyl (C=O) groups excluding carboxylic acids is 2. The number of fused-ring (bicyclic) bond motifs is 1. The zero-order chi connectivity index (χ0) is 20.4. The summed E-state index contributed by atoms with van der Waals surface area (Å²) in [5, 5.41) is 0.925. The number of aryl methyl sites for hydroxylation is 1. The highest BCUT2D eigenvalue weighted by molar-refractivity contribution is 7.13. The van der Waals surface area contributed by atoms with Gasteiger partial charge in [-0.15, -0.1) is 0 Å². The number of amides is 2. The van der Waals surface area contributed by atoms with Gasteiger partial charge in [0, 0.05) is 31.6 Å². The Bertz CT molecular complexity index is 1020. The normalized spacial score (nSPS) is 15.5. The molecule has 1 atom stereocenters. The maximum atomic E-state index is 13.1. The molecule has 5 nitrogen and oxygen atoms in total. The number of hydrogen-bond donors (Lipinski definition) is 0. The Labute approximate surface area is 175 Å². The summed E-state index contributed by atoms with van der Waals surface area (Å²) >= 11 is 1.36. The van der Waals surface area contributed by atoms with Crippen LogP contribution in [0.1, 0.15) is 40.9 Å². The van der Waals surface area contributed by atoms with Crippen LogP contribution in [0.3, 0.4) is 0 Å². The molecule has 2 amide bonds. The van der Waals surface area contributed by atoms with Crippen molar-refractivity contribution >= 4 is 33.4 Å². The average molecular weight is 408 g/mol. The highest BCUT2D eigenvalue weighted by Crippen LogP contribution is 2.26. The summed E-state index contributed by atoms with van der Waals surface area (Å²) in [6.45, 7) is 6.28. The van der Waals surface area contributed by atoms with E-state index in [-0.39, 0.29) is 17.7 Å². The van der Waals surface area contributed by atoms with Gasteiger partial charge in [-0.3, -0.25) is 9.59 Å². The number of benzene rings is 2. The van der Waals surface area contributed by atoms with Crippen LogP contribution in [0.25, 0.3) is 10.1 Å². The Kier molecular flexibility index (Phi) is 5.62. The summed E-state index contributed by atoms with van der Waals surface area (Å²) in [6.07, 6.45) is 0.770. The minimum Gasteiger partial charge on any atom is -0.339 e. The van der Waals surface area contributed by atoms with Gasteiger partial charge in [0.1, 0.15) is 5.69 Å². The predicted molar refractivity (Wildman–Crippen MR) is 116 cm³/mol. The molecular weight excluding hydrogens is 382 g/mol. The molecule has 1 saturated heterocycles. The summed E-state index contributed by atoms with van der Waals surface area (Å²) in [6, 6.07) is 16.0. The molecule has 0 spiro atoms. The number of hydrogen-bond acceptors (Lipinski definition) is 4. The van der Waals surface area contributed by atoms with Crippen molar-refractivity contribution in [3.05, 3.63) is 65.4 Å². The monoisotopic (exact) mass is 407 g/mol. The molecule has 150 valence electrons. The van der Waals surface area contributed by atoms with Crippen LogP contribution in [0.5, 0.6) is 0 Å². The van der Waals surface area contributed by atoms with E-state index in [2.05, 4.69) is 4.37 Å². The average Bonchev–Trinajstić information content (AvgIpc) is 3.17. The maximum absolute atomic E-state index is 13.1. The SMILES string of the molecule is CCC(C(=O)N1CCN(C(=O)c2nsc3ccc(C)cc23)CC1)c1ccccc1. The molecule has 29 heavy (non-hydrogen) atoms. The summed E-state index contributed by atoms with van der Waals surface area (Å²) in [7, 11) is 0. The van der Waals surface area contributed by atoms with Gasteiger partial charge in [0.2, 0.25) is 5.91 Å². The Morgan fingerprint density at radius 3 is 2.41 bits per heavy atom. The van der Waals surface area contributed by atoms with Gasteiger partial charge in [0.25, 0.3) is 5.91 Å². The molecule has 1 fully saturated rings. The van der Waals surface area contributed by atoms with Crippen molar-refractivity contribution in [2.24, 2.45) is 0 Å². The van der Waals surface area contributed by atoms with Gasteiger partial charge in [-0.25, -0.2) is 0 Å². The molecule has 0 bridgehead atoms. The van der Waals surface area contributed by atoms with E-state index >= 15 is 0 Å². The van der Waals surface area contributed by atoms with Gasteiger partial charge in [0.05, 0.1) is 10.6 Å². The second kappa shape index (κ2) is 8.33. The lowest BCUT2D eigenvalue weighted by molar-refractivity contribution is -0.134. The van der Waals surface area contributed by atoms with Crippen LogP contribution in [-0.4, -0.2) is 52.2 Å². The molecule has 1 aliphatic rings. The van der Waals surface area contributed by atoms with E-state index in [1.807, 2.05) is 72.2 Å². The topological polar surface area (TPSA) is 53.5 Å². The third-order valence-corrected chi connectivity index (χ3v) is 6.44. The molecule has 1 aromatic heterocycles. The lowest BCUT2D eigenvalue weighted by Crippen LogP contribution is -2.51. The first-order valence-corrected chi connectivity index (χ1v) is 10.8. The molecule has 1 unspecified atom stereocenters. The smallest absolute Gasteiger partial charge is 0.274 e. The number of rotatable bonds is 4. The quantitative estimate of drug-likeness (QED) is 0.655. The van der Waals surface area contributed by atoms with Crippen LogP contribution in [0.4, 0.5) is 0 Å². The van der Waals surface area contributed by atoms with Crippen LogP contribution in [0, 0.1) is 6.92 Å².